The number of aromatic nitrogens is 2. The Bertz CT molecular complexity index is 467. The van der Waals surface area contributed by atoms with Gasteiger partial charge in [0.05, 0.1) is 11.3 Å². The number of nitrogens with zero attached hydrogens (tertiary/aromatic N) is 2. The number of amides is 1. The molecular formula is C14H23N3OS. The van der Waals surface area contributed by atoms with Gasteiger partial charge in [-0.1, -0.05) is 13.8 Å². The average molecular weight is 281 g/mol. The zero-order valence-corrected chi connectivity index (χ0v) is 13.0. The van der Waals surface area contributed by atoms with Crippen LogP contribution in [0.15, 0.2) is 6.20 Å². The first-order chi connectivity index (χ1) is 8.91. The molecule has 0 saturated carbocycles. The van der Waals surface area contributed by atoms with Crippen LogP contribution in [-0.4, -0.2) is 32.2 Å². The summed E-state index contributed by atoms with van der Waals surface area (Å²) in [6.07, 6.45) is 3.93. The second-order valence-corrected chi connectivity index (χ2v) is 7.56. The van der Waals surface area contributed by atoms with Gasteiger partial charge in [0.15, 0.2) is 0 Å². The average Bonchev–Trinajstić information content (AvgIpc) is 2.69. The largest absolute Gasteiger partial charge is 0.349 e. The Morgan fingerprint density at radius 3 is 2.95 bits per heavy atom. The molecule has 0 aliphatic carbocycles. The van der Waals surface area contributed by atoms with Gasteiger partial charge in [-0.05, 0) is 32.4 Å². The Balaban J connectivity index is 2.02. The van der Waals surface area contributed by atoms with E-state index >= 15 is 0 Å². The van der Waals surface area contributed by atoms with Gasteiger partial charge in [-0.25, -0.2) is 0 Å². The first-order valence-corrected chi connectivity index (χ1v) is 7.89. The summed E-state index contributed by atoms with van der Waals surface area (Å²) in [6.45, 7) is 9.20. The number of rotatable bonds is 3. The van der Waals surface area contributed by atoms with Crippen molar-refractivity contribution in [3.8, 4) is 0 Å². The third-order valence-corrected chi connectivity index (χ3v) is 4.94. The Labute approximate surface area is 119 Å². The van der Waals surface area contributed by atoms with Gasteiger partial charge < -0.3 is 5.32 Å². The van der Waals surface area contributed by atoms with E-state index in [9.17, 15) is 4.79 Å². The van der Waals surface area contributed by atoms with E-state index in [2.05, 4.69) is 24.3 Å². The van der Waals surface area contributed by atoms with E-state index in [4.69, 9.17) is 0 Å². The number of nitrogens with one attached hydrogen (secondary N) is 1. The topological polar surface area (TPSA) is 46.9 Å². The highest BCUT2D eigenvalue weighted by Gasteiger charge is 2.30. The summed E-state index contributed by atoms with van der Waals surface area (Å²) < 4.78 is 2.07. The molecule has 1 aromatic heterocycles. The number of carbonyl (C=O) groups is 1. The molecule has 0 radical (unpaired) electrons. The molecule has 1 saturated heterocycles. The monoisotopic (exact) mass is 281 g/mol. The fourth-order valence-corrected chi connectivity index (χ4v) is 3.79. The van der Waals surface area contributed by atoms with Crippen molar-refractivity contribution in [1.82, 2.24) is 15.1 Å². The van der Waals surface area contributed by atoms with Crippen LogP contribution in [-0.2, 0) is 6.54 Å². The molecule has 5 heteroatoms. The minimum atomic E-state index is 0.0184. The summed E-state index contributed by atoms with van der Waals surface area (Å²) in [5, 5.41) is 7.49. The van der Waals surface area contributed by atoms with Crippen molar-refractivity contribution < 1.29 is 4.79 Å². The van der Waals surface area contributed by atoms with Gasteiger partial charge in [-0.2, -0.15) is 16.9 Å². The van der Waals surface area contributed by atoms with Crippen LogP contribution in [0.25, 0.3) is 0 Å². The van der Waals surface area contributed by atoms with Crippen LogP contribution in [0.4, 0.5) is 0 Å². The van der Waals surface area contributed by atoms with Crippen molar-refractivity contribution in [3.05, 3.63) is 17.5 Å². The Morgan fingerprint density at radius 1 is 1.63 bits per heavy atom. The zero-order valence-electron chi connectivity index (χ0n) is 12.2. The Morgan fingerprint density at radius 2 is 2.37 bits per heavy atom. The molecular weight excluding hydrogens is 258 g/mol. The molecule has 1 aromatic rings. The van der Waals surface area contributed by atoms with Gasteiger partial charge in [0.2, 0.25) is 0 Å². The van der Waals surface area contributed by atoms with Crippen molar-refractivity contribution in [2.45, 2.75) is 57.9 Å². The molecule has 1 atom stereocenters. The van der Waals surface area contributed by atoms with Crippen LogP contribution in [0.1, 0.15) is 49.7 Å². The van der Waals surface area contributed by atoms with Crippen LogP contribution < -0.4 is 5.32 Å². The molecule has 0 aromatic carbocycles. The van der Waals surface area contributed by atoms with Gasteiger partial charge in [-0.15, -0.1) is 0 Å². The Kier molecular flexibility index (Phi) is 4.23. The SMILES string of the molecule is CCn1cc(C(=O)NC2CCSC(C)(C)C2)c(C)n1. The number of thioether (sulfide) groups is 1. The summed E-state index contributed by atoms with van der Waals surface area (Å²) in [5.41, 5.74) is 1.52. The van der Waals surface area contributed by atoms with Gasteiger partial charge in [0.25, 0.3) is 5.91 Å². The Hall–Kier alpha value is -0.970. The lowest BCUT2D eigenvalue weighted by Gasteiger charge is -2.35. The van der Waals surface area contributed by atoms with Crippen molar-refractivity contribution >= 4 is 17.7 Å². The highest BCUT2D eigenvalue weighted by Crippen LogP contribution is 2.35. The van der Waals surface area contributed by atoms with Crippen molar-refractivity contribution in [3.63, 3.8) is 0 Å². The van der Waals surface area contributed by atoms with E-state index in [0.29, 0.717) is 5.56 Å². The minimum absolute atomic E-state index is 0.0184. The van der Waals surface area contributed by atoms with Gasteiger partial charge in [-0.3, -0.25) is 9.48 Å². The summed E-state index contributed by atoms with van der Waals surface area (Å²) in [7, 11) is 0. The lowest BCUT2D eigenvalue weighted by Crippen LogP contribution is -2.42. The zero-order chi connectivity index (χ0) is 14.0. The minimum Gasteiger partial charge on any atom is -0.349 e. The third-order valence-electron chi connectivity index (χ3n) is 3.55. The molecule has 1 aliphatic rings. The molecule has 19 heavy (non-hydrogen) atoms. The maximum Gasteiger partial charge on any atom is 0.254 e. The molecule has 2 rings (SSSR count). The van der Waals surface area contributed by atoms with Gasteiger partial charge >= 0.3 is 0 Å². The molecule has 4 nitrogen and oxygen atoms in total. The van der Waals surface area contributed by atoms with E-state index in [1.165, 1.54) is 0 Å². The normalized spacial score (nSPS) is 22.2. The van der Waals surface area contributed by atoms with Crippen LogP contribution >= 0.6 is 11.8 Å². The van der Waals surface area contributed by atoms with Crippen molar-refractivity contribution in [2.75, 3.05) is 5.75 Å². The predicted molar refractivity (Wildman–Crippen MR) is 79.7 cm³/mol. The van der Waals surface area contributed by atoms with E-state index in [1.807, 2.05) is 36.5 Å². The van der Waals surface area contributed by atoms with E-state index in [-0.39, 0.29) is 16.7 Å². The lowest BCUT2D eigenvalue weighted by molar-refractivity contribution is 0.0931. The van der Waals surface area contributed by atoms with Crippen molar-refractivity contribution in [1.29, 1.82) is 0 Å². The summed E-state index contributed by atoms with van der Waals surface area (Å²) in [4.78, 5) is 12.3. The van der Waals surface area contributed by atoms with E-state index in [1.54, 1.807) is 0 Å². The number of aryl methyl sites for hydroxylation is 2. The molecule has 0 spiro atoms. The molecule has 1 aliphatic heterocycles. The molecule has 1 amide bonds. The molecule has 106 valence electrons. The lowest BCUT2D eigenvalue weighted by atomic mass is 9.99. The molecule has 0 bridgehead atoms. The summed E-state index contributed by atoms with van der Waals surface area (Å²) in [5.74, 6) is 1.13. The van der Waals surface area contributed by atoms with Crippen LogP contribution in [0, 0.1) is 6.92 Å². The number of carbonyl (C=O) groups excluding carboxylic acids is 1. The van der Waals surface area contributed by atoms with Gasteiger partial charge in [0, 0.05) is 23.5 Å². The quantitative estimate of drug-likeness (QED) is 0.926. The predicted octanol–water partition coefficient (Wildman–Crippen LogP) is 2.62. The summed E-state index contributed by atoms with van der Waals surface area (Å²) in [6, 6.07) is 0.285. The highest BCUT2D eigenvalue weighted by atomic mass is 32.2. The summed E-state index contributed by atoms with van der Waals surface area (Å²) >= 11 is 1.99. The fraction of sp³-hybridized carbons (Fsp3) is 0.714. The van der Waals surface area contributed by atoms with E-state index in [0.717, 1.165) is 30.8 Å². The molecule has 1 N–H and O–H groups in total. The number of hydrogen-bond acceptors (Lipinski definition) is 3. The second-order valence-electron chi connectivity index (χ2n) is 5.76. The number of hydrogen-bond donors (Lipinski definition) is 1. The second kappa shape index (κ2) is 5.57. The van der Waals surface area contributed by atoms with E-state index < -0.39 is 0 Å². The van der Waals surface area contributed by atoms with Crippen LogP contribution in [0.5, 0.6) is 0 Å². The third kappa shape index (κ3) is 3.53. The standard InChI is InChI=1S/C14H23N3OS/c1-5-17-9-12(10(2)16-17)13(18)15-11-6-7-19-14(3,4)8-11/h9,11H,5-8H2,1-4H3,(H,15,18). The maximum absolute atomic E-state index is 12.3. The maximum atomic E-state index is 12.3. The highest BCUT2D eigenvalue weighted by molar-refractivity contribution is 8.00. The smallest absolute Gasteiger partial charge is 0.254 e. The van der Waals surface area contributed by atoms with Gasteiger partial charge in [0.1, 0.15) is 0 Å². The molecule has 2 heterocycles. The molecule has 1 unspecified atom stereocenters. The molecule has 1 fully saturated rings. The fourth-order valence-electron chi connectivity index (χ4n) is 2.52. The first kappa shape index (κ1) is 14.4. The van der Waals surface area contributed by atoms with Crippen LogP contribution in [0.3, 0.4) is 0 Å². The first-order valence-electron chi connectivity index (χ1n) is 6.90. The van der Waals surface area contributed by atoms with Crippen LogP contribution in [0.2, 0.25) is 0 Å². The van der Waals surface area contributed by atoms with Crippen molar-refractivity contribution in [2.24, 2.45) is 0 Å².